The van der Waals surface area contributed by atoms with Gasteiger partial charge in [0.05, 0.1) is 24.5 Å². The van der Waals surface area contributed by atoms with E-state index in [1.807, 2.05) is 31.2 Å². The predicted molar refractivity (Wildman–Crippen MR) is 164 cm³/mol. The van der Waals surface area contributed by atoms with Crippen molar-refractivity contribution in [3.05, 3.63) is 82.2 Å². The van der Waals surface area contributed by atoms with Crippen LogP contribution in [0.25, 0.3) is 6.08 Å². The Morgan fingerprint density at radius 2 is 1.84 bits per heavy atom. The summed E-state index contributed by atoms with van der Waals surface area (Å²) < 4.78 is 19.8. The Morgan fingerprint density at radius 1 is 1.09 bits per heavy atom. The number of nitrogens with zero attached hydrogens (tertiary/aromatic N) is 2. The summed E-state index contributed by atoms with van der Waals surface area (Å²) in [7, 11) is -1.08. The molecule has 8 nitrogen and oxygen atoms in total. The third-order valence-corrected chi connectivity index (χ3v) is 9.89. The highest BCUT2D eigenvalue weighted by Gasteiger charge is 2.58. The van der Waals surface area contributed by atoms with Crippen LogP contribution in [0.5, 0.6) is 5.75 Å². The molecule has 1 aliphatic carbocycles. The first-order valence-corrected chi connectivity index (χ1v) is 15.7. The molecule has 2 aromatic carbocycles. The third-order valence-electron chi connectivity index (χ3n) is 9.89. The zero-order chi connectivity index (χ0) is 31.0. The number of amides is 2. The minimum absolute atomic E-state index is 0.147. The van der Waals surface area contributed by atoms with Crippen LogP contribution in [0.15, 0.2) is 65.3 Å². The van der Waals surface area contributed by atoms with Crippen molar-refractivity contribution in [3.8, 4) is 5.75 Å². The Balaban J connectivity index is 1.15. The van der Waals surface area contributed by atoms with Crippen LogP contribution in [-0.2, 0) is 20.8 Å². The number of carbonyl (C=O) groups excluding carboxylic acids is 2. The van der Waals surface area contributed by atoms with Crippen LogP contribution in [0.1, 0.15) is 50.2 Å². The van der Waals surface area contributed by atoms with Crippen molar-refractivity contribution in [2.75, 3.05) is 19.7 Å². The standard InChI is InChI=1S/C34H40BFN2O6/c1-21(15-23-8-9-29(40)28(36)16-23)7-10-30-31-24(20-39)17-26-32(27(31)18-35(43)44-30)34(42)38(33(26)41)25-11-13-37(14-12-25)19-22-5-3-2-4-6-22/h2-6,8-9,15-16,25-27,30,32,39-40,43H,7,10-14,17-20H2,1H3/b21-15+/t26-,27+,30-,32-/m1/s1. The molecule has 232 valence electrons. The number of aliphatic hydroxyl groups excluding tert-OH is 1. The second-order valence-corrected chi connectivity index (χ2v) is 12.8. The number of aromatic hydroxyl groups is 1. The molecule has 3 N–H and O–H groups in total. The highest BCUT2D eigenvalue weighted by atomic mass is 19.1. The molecule has 3 aliphatic heterocycles. The number of hydrogen-bond donors (Lipinski definition) is 3. The van der Waals surface area contributed by atoms with E-state index in [2.05, 4.69) is 17.0 Å². The van der Waals surface area contributed by atoms with Gasteiger partial charge in [-0.3, -0.25) is 19.4 Å². The molecule has 10 heteroatoms. The first-order valence-electron chi connectivity index (χ1n) is 15.7. The van der Waals surface area contributed by atoms with E-state index in [1.165, 1.54) is 22.6 Å². The summed E-state index contributed by atoms with van der Waals surface area (Å²) in [6, 6.07) is 14.4. The largest absolute Gasteiger partial charge is 0.505 e. The van der Waals surface area contributed by atoms with Gasteiger partial charge < -0.3 is 19.9 Å². The summed E-state index contributed by atoms with van der Waals surface area (Å²) >= 11 is 0. The van der Waals surface area contributed by atoms with Crippen molar-refractivity contribution in [3.63, 3.8) is 0 Å². The van der Waals surface area contributed by atoms with Gasteiger partial charge in [0.1, 0.15) is 0 Å². The van der Waals surface area contributed by atoms with E-state index in [9.17, 15) is 29.2 Å². The predicted octanol–water partition coefficient (Wildman–Crippen LogP) is 4.17. The molecule has 2 amide bonds. The van der Waals surface area contributed by atoms with Crippen LogP contribution in [0.2, 0.25) is 6.32 Å². The van der Waals surface area contributed by atoms with E-state index >= 15 is 0 Å². The molecule has 0 saturated carbocycles. The summed E-state index contributed by atoms with van der Waals surface area (Å²) in [5, 5.41) is 30.7. The fourth-order valence-corrected chi connectivity index (χ4v) is 7.80. The highest BCUT2D eigenvalue weighted by molar-refractivity contribution is 6.43. The molecule has 3 heterocycles. The number of phenolic OH excluding ortho intramolecular Hbond substituents is 1. The molecule has 0 unspecified atom stereocenters. The van der Waals surface area contributed by atoms with E-state index in [4.69, 9.17) is 4.65 Å². The monoisotopic (exact) mass is 602 g/mol. The Morgan fingerprint density at radius 3 is 2.55 bits per heavy atom. The molecule has 0 spiro atoms. The van der Waals surface area contributed by atoms with E-state index in [0.29, 0.717) is 24.8 Å². The second kappa shape index (κ2) is 13.0. The maximum Gasteiger partial charge on any atom is 0.455 e. The van der Waals surface area contributed by atoms with E-state index < -0.39 is 36.6 Å². The van der Waals surface area contributed by atoms with E-state index in [1.54, 1.807) is 6.07 Å². The summed E-state index contributed by atoms with van der Waals surface area (Å²) in [6.07, 6.45) is 4.38. The number of hydrogen-bond acceptors (Lipinski definition) is 7. The Labute approximate surface area is 258 Å². The van der Waals surface area contributed by atoms with Gasteiger partial charge in [0.15, 0.2) is 11.6 Å². The van der Waals surface area contributed by atoms with Gasteiger partial charge in [0.2, 0.25) is 11.8 Å². The lowest BCUT2D eigenvalue weighted by Gasteiger charge is -2.43. The van der Waals surface area contributed by atoms with Crippen molar-refractivity contribution in [1.29, 1.82) is 0 Å². The number of rotatable bonds is 8. The van der Waals surface area contributed by atoms with Crippen LogP contribution < -0.4 is 0 Å². The second-order valence-electron chi connectivity index (χ2n) is 12.8. The van der Waals surface area contributed by atoms with Gasteiger partial charge in [-0.2, -0.15) is 0 Å². The summed E-state index contributed by atoms with van der Waals surface area (Å²) in [6.45, 7) is 4.14. The average Bonchev–Trinajstić information content (AvgIpc) is 3.27. The molecule has 0 radical (unpaired) electrons. The number of allylic oxidation sites excluding steroid dienone is 1. The number of phenols is 1. The number of halogens is 1. The number of carbonyl (C=O) groups is 2. The van der Waals surface area contributed by atoms with Crippen LogP contribution in [0, 0.1) is 23.6 Å². The molecule has 6 rings (SSSR count). The topological polar surface area (TPSA) is 111 Å². The Hall–Kier alpha value is -3.31. The first-order chi connectivity index (χ1) is 21.2. The molecule has 0 bridgehead atoms. The lowest BCUT2D eigenvalue weighted by molar-refractivity contribution is -0.144. The molecule has 3 saturated heterocycles. The SMILES string of the molecule is C/C(=C\c1ccc(O)c(F)c1)CC[C@H]1OB(O)C[C@H]2C1=C(CO)C[C@H]1C(=O)N(C3CCN(Cc4ccccc4)CC3)C(=O)[C@H]12. The number of piperidine rings is 1. The van der Waals surface area contributed by atoms with Gasteiger partial charge in [-0.15, -0.1) is 0 Å². The molecule has 2 aromatic rings. The number of aliphatic hydroxyl groups is 1. The molecular formula is C34H40BFN2O6. The minimum Gasteiger partial charge on any atom is -0.505 e. The number of fused-ring (bicyclic) bond motifs is 3. The molecule has 0 aromatic heterocycles. The fourth-order valence-electron chi connectivity index (χ4n) is 7.80. The molecular weight excluding hydrogens is 562 g/mol. The molecule has 3 fully saturated rings. The normalized spacial score (nSPS) is 26.8. The third kappa shape index (κ3) is 6.13. The Bertz CT molecular complexity index is 1460. The van der Waals surface area contributed by atoms with Gasteiger partial charge in [-0.25, -0.2) is 4.39 Å². The average molecular weight is 603 g/mol. The van der Waals surface area contributed by atoms with Gasteiger partial charge in [-0.1, -0.05) is 48.0 Å². The summed E-state index contributed by atoms with van der Waals surface area (Å²) in [5.41, 5.74) is 4.40. The lowest BCUT2D eigenvalue weighted by Crippen LogP contribution is -2.48. The molecule has 44 heavy (non-hydrogen) atoms. The quantitative estimate of drug-likeness (QED) is 0.237. The Kier molecular flexibility index (Phi) is 9.05. The van der Waals surface area contributed by atoms with Crippen LogP contribution >= 0.6 is 0 Å². The van der Waals surface area contributed by atoms with Crippen molar-refractivity contribution in [1.82, 2.24) is 9.80 Å². The van der Waals surface area contributed by atoms with Gasteiger partial charge in [0.25, 0.3) is 0 Å². The van der Waals surface area contributed by atoms with E-state index in [-0.39, 0.29) is 36.7 Å². The van der Waals surface area contributed by atoms with Gasteiger partial charge >= 0.3 is 7.12 Å². The first kappa shape index (κ1) is 30.7. The number of imide groups is 1. The summed E-state index contributed by atoms with van der Waals surface area (Å²) in [5.74, 6) is -2.86. The smallest absolute Gasteiger partial charge is 0.455 e. The van der Waals surface area contributed by atoms with Gasteiger partial charge in [-0.05, 0) is 85.7 Å². The zero-order valence-electron chi connectivity index (χ0n) is 25.1. The minimum atomic E-state index is -1.08. The fraction of sp³-hybridized carbons (Fsp3) is 0.471. The van der Waals surface area contributed by atoms with Crippen molar-refractivity contribution < 1.29 is 33.9 Å². The highest BCUT2D eigenvalue weighted by Crippen LogP contribution is 2.51. The number of likely N-dealkylation sites (tertiary alicyclic amines) is 2. The van der Waals surface area contributed by atoms with Crippen LogP contribution in [0.4, 0.5) is 4.39 Å². The number of benzene rings is 2. The lowest BCUT2D eigenvalue weighted by atomic mass is 9.58. The van der Waals surface area contributed by atoms with Crippen molar-refractivity contribution >= 4 is 25.0 Å². The molecule has 4 atom stereocenters. The maximum absolute atomic E-state index is 14.0. The van der Waals surface area contributed by atoms with Crippen LogP contribution in [-0.4, -0.2) is 75.8 Å². The van der Waals surface area contributed by atoms with Crippen molar-refractivity contribution in [2.24, 2.45) is 17.8 Å². The van der Waals surface area contributed by atoms with Crippen molar-refractivity contribution in [2.45, 2.75) is 64.0 Å². The molecule has 4 aliphatic rings. The summed E-state index contributed by atoms with van der Waals surface area (Å²) in [4.78, 5) is 31.7. The maximum atomic E-state index is 14.0. The van der Waals surface area contributed by atoms with Gasteiger partial charge in [0, 0.05) is 25.7 Å². The van der Waals surface area contributed by atoms with E-state index in [0.717, 1.165) is 49.2 Å². The van der Waals surface area contributed by atoms with Crippen LogP contribution in [0.3, 0.4) is 0 Å². The zero-order valence-corrected chi connectivity index (χ0v) is 25.1.